The Morgan fingerprint density at radius 3 is 2.57 bits per heavy atom. The van der Waals surface area contributed by atoms with E-state index in [0.29, 0.717) is 11.1 Å². The highest BCUT2D eigenvalue weighted by molar-refractivity contribution is 7.99. The van der Waals surface area contributed by atoms with Crippen LogP contribution >= 0.6 is 11.8 Å². The van der Waals surface area contributed by atoms with Gasteiger partial charge in [0.1, 0.15) is 0 Å². The van der Waals surface area contributed by atoms with Crippen molar-refractivity contribution in [3.8, 4) is 11.5 Å². The lowest BCUT2D eigenvalue weighted by Crippen LogP contribution is -2.49. The highest BCUT2D eigenvalue weighted by atomic mass is 32.2. The first-order valence-corrected chi connectivity index (χ1v) is 10.1. The molecule has 4 rings (SSSR count). The molecule has 2 aromatic carbocycles. The maximum Gasteiger partial charge on any atom is 0.277 e. The van der Waals surface area contributed by atoms with Crippen LogP contribution in [-0.4, -0.2) is 27.4 Å². The predicted molar refractivity (Wildman–Crippen MR) is 112 cm³/mol. The van der Waals surface area contributed by atoms with Crippen molar-refractivity contribution in [2.24, 2.45) is 0 Å². The van der Waals surface area contributed by atoms with Gasteiger partial charge < -0.3 is 9.32 Å². The summed E-state index contributed by atoms with van der Waals surface area (Å²) in [6.45, 7) is 6.19. The number of aromatic nitrogens is 2. The normalized spacial score (nSPS) is 15.1. The van der Waals surface area contributed by atoms with Gasteiger partial charge in [0, 0.05) is 11.1 Å². The second-order valence-corrected chi connectivity index (χ2v) is 8.18. The molecule has 1 aliphatic rings. The van der Waals surface area contributed by atoms with Crippen LogP contribution in [-0.2, 0) is 4.79 Å². The van der Waals surface area contributed by atoms with Crippen LogP contribution in [0.4, 0.5) is 5.69 Å². The van der Waals surface area contributed by atoms with Gasteiger partial charge in [0.25, 0.3) is 5.22 Å². The summed E-state index contributed by atoms with van der Waals surface area (Å²) in [7, 11) is 0. The fourth-order valence-electron chi connectivity index (χ4n) is 3.59. The monoisotopic (exact) mass is 391 g/mol. The number of hydrogen-bond acceptors (Lipinski definition) is 5. The molecule has 0 aliphatic carbocycles. The lowest BCUT2D eigenvalue weighted by atomic mass is 9.89. The van der Waals surface area contributed by atoms with Gasteiger partial charge >= 0.3 is 0 Å². The molecule has 0 unspecified atom stereocenters. The summed E-state index contributed by atoms with van der Waals surface area (Å²) in [6, 6.07) is 17.6. The molecule has 0 saturated carbocycles. The molecule has 0 atom stereocenters. The van der Waals surface area contributed by atoms with Crippen LogP contribution < -0.4 is 4.90 Å². The summed E-state index contributed by atoms with van der Waals surface area (Å²) >= 11 is 1.26. The summed E-state index contributed by atoms with van der Waals surface area (Å²) in [5, 5.41) is 8.54. The average Bonchev–Trinajstić information content (AvgIpc) is 3.15. The smallest absolute Gasteiger partial charge is 0.277 e. The molecule has 0 N–H and O–H groups in total. The topological polar surface area (TPSA) is 59.2 Å². The van der Waals surface area contributed by atoms with Crippen molar-refractivity contribution < 1.29 is 9.21 Å². The van der Waals surface area contributed by atoms with Crippen LogP contribution in [0.15, 0.2) is 70.3 Å². The SMILES string of the molecule is CC1=CC(C)(C)N(C(=O)CSc2nnc(-c3ccccc3)o2)c2ccccc21. The van der Waals surface area contributed by atoms with E-state index >= 15 is 0 Å². The van der Waals surface area contributed by atoms with E-state index in [2.05, 4.69) is 37.0 Å². The third-order valence-electron chi connectivity index (χ3n) is 4.71. The summed E-state index contributed by atoms with van der Waals surface area (Å²) < 4.78 is 5.70. The maximum atomic E-state index is 13.1. The van der Waals surface area contributed by atoms with Crippen LogP contribution in [0.2, 0.25) is 0 Å². The first-order valence-electron chi connectivity index (χ1n) is 9.09. The molecule has 1 aromatic heterocycles. The number of rotatable bonds is 4. The van der Waals surface area contributed by atoms with Crippen LogP contribution in [0.1, 0.15) is 26.3 Å². The Morgan fingerprint density at radius 1 is 1.07 bits per heavy atom. The molecule has 142 valence electrons. The lowest BCUT2D eigenvalue weighted by molar-refractivity contribution is -0.116. The van der Waals surface area contributed by atoms with Crippen LogP contribution in [0.3, 0.4) is 0 Å². The van der Waals surface area contributed by atoms with Crippen LogP contribution in [0, 0.1) is 0 Å². The zero-order valence-corrected chi connectivity index (χ0v) is 16.9. The largest absolute Gasteiger partial charge is 0.411 e. The molecule has 1 aliphatic heterocycles. The zero-order chi connectivity index (χ0) is 19.7. The number of carbonyl (C=O) groups is 1. The molecule has 0 saturated heterocycles. The molecule has 0 bridgehead atoms. The first-order chi connectivity index (χ1) is 13.5. The number of allylic oxidation sites excluding steroid dienone is 1. The number of benzene rings is 2. The van der Waals surface area contributed by atoms with Crippen molar-refractivity contribution in [3.63, 3.8) is 0 Å². The molecule has 3 aromatic rings. The number of nitrogens with zero attached hydrogens (tertiary/aromatic N) is 3. The Balaban J connectivity index is 1.52. The molecule has 0 radical (unpaired) electrons. The molecule has 28 heavy (non-hydrogen) atoms. The van der Waals surface area contributed by atoms with Crippen LogP contribution in [0.25, 0.3) is 17.0 Å². The Labute approximate surface area is 168 Å². The molecule has 1 amide bonds. The van der Waals surface area contributed by atoms with Gasteiger partial charge in [-0.25, -0.2) is 0 Å². The summed E-state index contributed by atoms with van der Waals surface area (Å²) in [5.74, 6) is 0.685. The van der Waals surface area contributed by atoms with Crippen molar-refractivity contribution in [1.29, 1.82) is 0 Å². The lowest BCUT2D eigenvalue weighted by Gasteiger charge is -2.41. The van der Waals surface area contributed by atoms with E-state index in [1.54, 1.807) is 0 Å². The van der Waals surface area contributed by atoms with Gasteiger partial charge in [0.05, 0.1) is 17.0 Å². The number of hydrogen-bond donors (Lipinski definition) is 0. The van der Waals surface area contributed by atoms with E-state index < -0.39 is 5.54 Å². The van der Waals surface area contributed by atoms with Gasteiger partial charge in [-0.1, -0.05) is 54.2 Å². The van der Waals surface area contributed by atoms with Crippen molar-refractivity contribution in [2.45, 2.75) is 31.5 Å². The second kappa shape index (κ2) is 7.28. The third kappa shape index (κ3) is 3.47. The van der Waals surface area contributed by atoms with E-state index in [9.17, 15) is 4.79 Å². The van der Waals surface area contributed by atoms with Crippen molar-refractivity contribution >= 4 is 28.9 Å². The van der Waals surface area contributed by atoms with Crippen LogP contribution in [0.5, 0.6) is 0 Å². The minimum Gasteiger partial charge on any atom is -0.411 e. The van der Waals surface area contributed by atoms with Crippen molar-refractivity contribution in [1.82, 2.24) is 10.2 Å². The maximum absolute atomic E-state index is 13.1. The minimum absolute atomic E-state index is 0.00524. The van der Waals surface area contributed by atoms with Crippen molar-refractivity contribution in [2.75, 3.05) is 10.7 Å². The quantitative estimate of drug-likeness (QED) is 0.582. The average molecular weight is 391 g/mol. The van der Waals surface area contributed by atoms with Gasteiger partial charge in [-0.15, -0.1) is 10.2 Å². The Bertz CT molecular complexity index is 1040. The van der Waals surface area contributed by atoms with E-state index in [1.165, 1.54) is 17.3 Å². The first kappa shape index (κ1) is 18.5. The molecule has 0 fully saturated rings. The Morgan fingerprint density at radius 2 is 1.79 bits per heavy atom. The van der Waals surface area contributed by atoms with Crippen molar-refractivity contribution in [3.05, 3.63) is 66.2 Å². The molecule has 0 spiro atoms. The number of anilines is 1. The third-order valence-corrected chi connectivity index (χ3v) is 5.51. The van der Waals surface area contributed by atoms with E-state index in [1.807, 2.05) is 59.5 Å². The zero-order valence-electron chi connectivity index (χ0n) is 16.0. The number of carbonyl (C=O) groups excluding carboxylic acids is 1. The van der Waals surface area contributed by atoms with Gasteiger partial charge in [-0.05, 0) is 44.5 Å². The molecule has 5 nitrogen and oxygen atoms in total. The number of amides is 1. The second-order valence-electron chi connectivity index (χ2n) is 7.26. The van der Waals surface area contributed by atoms with E-state index in [-0.39, 0.29) is 11.7 Å². The predicted octanol–water partition coefficient (Wildman–Crippen LogP) is 5.06. The highest BCUT2D eigenvalue weighted by Gasteiger charge is 2.35. The van der Waals surface area contributed by atoms with E-state index in [0.717, 1.165) is 16.8 Å². The van der Waals surface area contributed by atoms with Gasteiger partial charge in [-0.2, -0.15) is 0 Å². The summed E-state index contributed by atoms with van der Waals surface area (Å²) in [5.41, 5.74) is 3.67. The fourth-order valence-corrected chi connectivity index (χ4v) is 4.21. The molecule has 6 heteroatoms. The number of fused-ring (bicyclic) bond motifs is 1. The van der Waals surface area contributed by atoms with Gasteiger partial charge in [-0.3, -0.25) is 4.79 Å². The van der Waals surface area contributed by atoms with Gasteiger partial charge in [0.2, 0.25) is 11.8 Å². The summed E-state index contributed by atoms with van der Waals surface area (Å²) in [4.78, 5) is 15.0. The Kier molecular flexibility index (Phi) is 4.81. The fraction of sp³-hybridized carbons (Fsp3) is 0.227. The van der Waals surface area contributed by atoms with E-state index in [4.69, 9.17) is 4.42 Å². The molecular formula is C22H21N3O2S. The molecular weight excluding hydrogens is 370 g/mol. The highest BCUT2D eigenvalue weighted by Crippen LogP contribution is 2.39. The number of para-hydroxylation sites is 1. The minimum atomic E-state index is -0.403. The number of thioether (sulfide) groups is 1. The van der Waals surface area contributed by atoms with Gasteiger partial charge in [0.15, 0.2) is 0 Å². The molecule has 2 heterocycles. The standard InChI is InChI=1S/C22H21N3O2S/c1-15-13-22(2,3)25(18-12-8-7-11-17(15)18)19(26)14-28-21-24-23-20(27-21)16-9-5-4-6-10-16/h4-13H,14H2,1-3H3. The summed E-state index contributed by atoms with van der Waals surface area (Å²) in [6.07, 6.45) is 2.14. The Hall–Kier alpha value is -2.86.